The van der Waals surface area contributed by atoms with Crippen LogP contribution in [0, 0.1) is 29.5 Å². The van der Waals surface area contributed by atoms with Crippen molar-refractivity contribution in [2.45, 2.75) is 74.1 Å². The monoisotopic (exact) mass is 352 g/mol. The van der Waals surface area contributed by atoms with Gasteiger partial charge in [-0.2, -0.15) is 0 Å². The third-order valence-corrected chi connectivity index (χ3v) is 5.08. The van der Waals surface area contributed by atoms with E-state index in [1.807, 2.05) is 12.1 Å². The van der Waals surface area contributed by atoms with Gasteiger partial charge in [-0.15, -0.1) is 0 Å². The molecule has 0 aliphatic carbocycles. The fraction of sp³-hybridized carbons (Fsp3) is 0.739. The van der Waals surface area contributed by atoms with Gasteiger partial charge in [0.25, 0.3) is 0 Å². The highest BCUT2D eigenvalue weighted by atomic mass is 19.1. The Balaban J connectivity index is 0.000000358. The fourth-order valence-corrected chi connectivity index (χ4v) is 2.23. The van der Waals surface area contributed by atoms with Crippen LogP contribution in [0.4, 0.5) is 4.39 Å². The van der Waals surface area contributed by atoms with Crippen LogP contribution in [-0.4, -0.2) is 13.2 Å². The highest BCUT2D eigenvalue weighted by molar-refractivity contribution is 5.18. The van der Waals surface area contributed by atoms with E-state index in [0.29, 0.717) is 5.92 Å². The lowest BCUT2D eigenvalue weighted by molar-refractivity contribution is 0.0523. The summed E-state index contributed by atoms with van der Waals surface area (Å²) in [4.78, 5) is 0. The molecule has 2 rings (SSSR count). The van der Waals surface area contributed by atoms with Gasteiger partial charge in [-0.1, -0.05) is 67.5 Å². The van der Waals surface area contributed by atoms with Crippen LogP contribution in [0.25, 0.3) is 0 Å². The second-order valence-electron chi connectivity index (χ2n) is 8.39. The molecular formula is C23H41FO. The zero-order chi connectivity index (χ0) is 19.4. The number of hydrogen-bond acceptors (Lipinski definition) is 1. The Morgan fingerprint density at radius 3 is 1.52 bits per heavy atom. The van der Waals surface area contributed by atoms with Crippen molar-refractivity contribution in [3.05, 3.63) is 35.6 Å². The zero-order valence-corrected chi connectivity index (χ0v) is 17.8. The molecule has 0 spiro atoms. The maximum atomic E-state index is 12.4. The first-order chi connectivity index (χ1) is 11.6. The van der Waals surface area contributed by atoms with Gasteiger partial charge in [-0.25, -0.2) is 4.39 Å². The van der Waals surface area contributed by atoms with Crippen molar-refractivity contribution in [3.63, 3.8) is 0 Å². The highest BCUT2D eigenvalue weighted by Crippen LogP contribution is 2.22. The minimum absolute atomic E-state index is 0.163. The summed E-state index contributed by atoms with van der Waals surface area (Å²) in [5, 5.41) is 0. The maximum absolute atomic E-state index is 12.4. The Morgan fingerprint density at radius 1 is 0.800 bits per heavy atom. The first kappa shape index (κ1) is 24.1. The molecule has 1 heterocycles. The molecular weight excluding hydrogens is 311 g/mol. The van der Waals surface area contributed by atoms with Crippen molar-refractivity contribution in [3.8, 4) is 0 Å². The normalized spacial score (nSPS) is 15.1. The van der Waals surface area contributed by atoms with Crippen molar-refractivity contribution in [2.24, 2.45) is 23.7 Å². The zero-order valence-electron chi connectivity index (χ0n) is 17.8. The molecule has 0 N–H and O–H groups in total. The van der Waals surface area contributed by atoms with E-state index in [1.54, 1.807) is 0 Å². The quantitative estimate of drug-likeness (QED) is 0.554. The van der Waals surface area contributed by atoms with Crippen LogP contribution in [0.5, 0.6) is 0 Å². The molecule has 1 saturated heterocycles. The van der Waals surface area contributed by atoms with Crippen molar-refractivity contribution in [2.75, 3.05) is 13.2 Å². The summed E-state index contributed by atoms with van der Waals surface area (Å²) in [6.07, 6.45) is 2.55. The van der Waals surface area contributed by atoms with Gasteiger partial charge in [0.15, 0.2) is 0 Å². The Hall–Kier alpha value is -0.890. The van der Waals surface area contributed by atoms with Gasteiger partial charge in [0.1, 0.15) is 5.82 Å². The van der Waals surface area contributed by atoms with E-state index < -0.39 is 0 Å². The van der Waals surface area contributed by atoms with Gasteiger partial charge < -0.3 is 4.74 Å². The molecule has 1 nitrogen and oxygen atoms in total. The van der Waals surface area contributed by atoms with Crippen LogP contribution in [-0.2, 0) is 4.74 Å². The van der Waals surface area contributed by atoms with Crippen LogP contribution in [0.15, 0.2) is 24.3 Å². The first-order valence-electron chi connectivity index (χ1n) is 9.98. The number of halogens is 1. The Kier molecular flexibility index (Phi) is 12.9. The smallest absolute Gasteiger partial charge is 0.123 e. The van der Waals surface area contributed by atoms with Crippen molar-refractivity contribution < 1.29 is 9.13 Å². The van der Waals surface area contributed by atoms with Crippen LogP contribution < -0.4 is 0 Å². The number of rotatable bonds is 3. The minimum atomic E-state index is -0.163. The largest absolute Gasteiger partial charge is 0.381 e. The third-order valence-electron chi connectivity index (χ3n) is 5.08. The average Bonchev–Trinajstić information content (AvgIpc) is 2.57. The van der Waals surface area contributed by atoms with Crippen molar-refractivity contribution >= 4 is 0 Å². The van der Waals surface area contributed by atoms with E-state index in [4.69, 9.17) is 4.74 Å². The van der Waals surface area contributed by atoms with Crippen LogP contribution >= 0.6 is 0 Å². The third kappa shape index (κ3) is 12.2. The topological polar surface area (TPSA) is 9.23 Å². The fourth-order valence-electron chi connectivity index (χ4n) is 2.23. The predicted molar refractivity (Wildman–Crippen MR) is 109 cm³/mol. The van der Waals surface area contributed by atoms with Gasteiger partial charge in [-0.05, 0) is 60.1 Å². The van der Waals surface area contributed by atoms with E-state index in [-0.39, 0.29) is 5.82 Å². The summed E-state index contributed by atoms with van der Waals surface area (Å²) in [6, 6.07) is 6.63. The number of benzene rings is 1. The summed E-state index contributed by atoms with van der Waals surface area (Å²) in [5.74, 6) is 3.81. The first-order valence-corrected chi connectivity index (χ1v) is 9.98. The molecule has 1 aliphatic rings. The molecule has 0 unspecified atom stereocenters. The molecule has 1 aliphatic heterocycles. The summed E-state index contributed by atoms with van der Waals surface area (Å²) >= 11 is 0. The predicted octanol–water partition coefficient (Wildman–Crippen LogP) is 7.32. The number of ether oxygens (including phenoxy) is 1. The van der Waals surface area contributed by atoms with Crippen LogP contribution in [0.2, 0.25) is 0 Å². The van der Waals surface area contributed by atoms with Gasteiger partial charge in [0.05, 0.1) is 0 Å². The summed E-state index contributed by atoms with van der Waals surface area (Å²) in [6.45, 7) is 19.7. The van der Waals surface area contributed by atoms with Crippen molar-refractivity contribution in [1.29, 1.82) is 0 Å². The SMILES string of the molecule is CC(C)C(C)C.CC(C)C1CCOCC1.CC(C)c1ccc(F)cc1. The molecule has 2 heteroatoms. The summed E-state index contributed by atoms with van der Waals surface area (Å²) < 4.78 is 17.6. The molecule has 0 saturated carbocycles. The molecule has 0 atom stereocenters. The Labute approximate surface area is 156 Å². The second-order valence-corrected chi connectivity index (χ2v) is 8.39. The van der Waals surface area contributed by atoms with Gasteiger partial charge in [0, 0.05) is 13.2 Å². The standard InChI is InChI=1S/C9H11F.C8H16O.C6H14/c1-7(2)8-3-5-9(10)6-4-8;1-7(2)8-3-5-9-6-4-8;1-5(2)6(3)4/h3-7H,1-2H3;7-8H,3-6H2,1-2H3;5-6H,1-4H3. The molecule has 1 aromatic rings. The Bertz CT molecular complexity index is 408. The van der Waals surface area contributed by atoms with Crippen LogP contribution in [0.1, 0.15) is 79.7 Å². The Morgan fingerprint density at radius 2 is 1.24 bits per heavy atom. The van der Waals surface area contributed by atoms with E-state index in [1.165, 1.54) is 30.5 Å². The lowest BCUT2D eigenvalue weighted by Crippen LogP contribution is -2.19. The molecule has 146 valence electrons. The maximum Gasteiger partial charge on any atom is 0.123 e. The number of hydrogen-bond donors (Lipinski definition) is 0. The average molecular weight is 353 g/mol. The van der Waals surface area contributed by atoms with Crippen LogP contribution in [0.3, 0.4) is 0 Å². The summed E-state index contributed by atoms with van der Waals surface area (Å²) in [7, 11) is 0. The molecule has 0 amide bonds. The van der Waals surface area contributed by atoms with E-state index in [9.17, 15) is 4.39 Å². The molecule has 1 fully saturated rings. The van der Waals surface area contributed by atoms with E-state index >= 15 is 0 Å². The summed E-state index contributed by atoms with van der Waals surface area (Å²) in [5.41, 5.74) is 1.18. The van der Waals surface area contributed by atoms with Crippen molar-refractivity contribution in [1.82, 2.24) is 0 Å². The highest BCUT2D eigenvalue weighted by Gasteiger charge is 2.16. The van der Waals surface area contributed by atoms with E-state index in [0.717, 1.165) is 36.9 Å². The van der Waals surface area contributed by atoms with E-state index in [2.05, 4.69) is 55.4 Å². The molecule has 0 aromatic heterocycles. The minimum Gasteiger partial charge on any atom is -0.381 e. The lowest BCUT2D eigenvalue weighted by Gasteiger charge is -2.24. The molecule has 1 aromatic carbocycles. The van der Waals surface area contributed by atoms with Gasteiger partial charge in [-0.3, -0.25) is 0 Å². The molecule has 0 bridgehead atoms. The molecule has 25 heavy (non-hydrogen) atoms. The molecule has 0 radical (unpaired) electrons. The lowest BCUT2D eigenvalue weighted by atomic mass is 9.89. The second kappa shape index (κ2) is 13.3. The van der Waals surface area contributed by atoms with Gasteiger partial charge >= 0.3 is 0 Å². The van der Waals surface area contributed by atoms with Gasteiger partial charge in [0.2, 0.25) is 0 Å².